The third kappa shape index (κ3) is 2.36. The van der Waals surface area contributed by atoms with Gasteiger partial charge in [-0.05, 0) is 38.0 Å². The van der Waals surface area contributed by atoms with Crippen LogP contribution in [0, 0.1) is 28.6 Å². The minimum Gasteiger partial charge on any atom is -0.469 e. The van der Waals surface area contributed by atoms with E-state index in [1.54, 1.807) is 0 Å². The first kappa shape index (κ1) is 19.1. The highest BCUT2D eigenvalue weighted by Crippen LogP contribution is 2.68. The maximum absolute atomic E-state index is 12.9. The van der Waals surface area contributed by atoms with Crippen LogP contribution >= 0.6 is 0 Å². The first-order chi connectivity index (χ1) is 13.7. The number of esters is 2. The third-order valence-electron chi connectivity index (χ3n) is 9.18. The highest BCUT2D eigenvalue weighted by atomic mass is 16.6. The van der Waals surface area contributed by atoms with E-state index in [1.807, 2.05) is 0 Å². The van der Waals surface area contributed by atoms with Crippen molar-refractivity contribution in [2.45, 2.75) is 70.8 Å². The summed E-state index contributed by atoms with van der Waals surface area (Å²) in [6, 6.07) is 0. The van der Waals surface area contributed by atoms with Crippen molar-refractivity contribution in [3.63, 3.8) is 0 Å². The number of fused-ring (bicyclic) bond motifs is 6. The monoisotopic (exact) mass is 398 g/mol. The van der Waals surface area contributed by atoms with E-state index < -0.39 is 5.60 Å². The molecule has 0 N–H and O–H groups in total. The van der Waals surface area contributed by atoms with Crippen molar-refractivity contribution in [2.75, 3.05) is 7.11 Å². The van der Waals surface area contributed by atoms with Crippen LogP contribution in [-0.2, 0) is 23.9 Å². The quantitative estimate of drug-likeness (QED) is 0.495. The molecule has 0 aromatic carbocycles. The SMILES string of the molecule is COC(=O)[C@@H]1C=C2CC(=O)CCC2(C)C2=CCC3(C)C(CCC34CCC(=O)O4)C21. The van der Waals surface area contributed by atoms with Crippen molar-refractivity contribution < 1.29 is 23.9 Å². The smallest absolute Gasteiger partial charge is 0.313 e. The zero-order valence-corrected chi connectivity index (χ0v) is 17.6. The molecular formula is C24H30O5. The van der Waals surface area contributed by atoms with Crippen LogP contribution < -0.4 is 0 Å². The Kier molecular flexibility index (Phi) is 3.98. The lowest BCUT2D eigenvalue weighted by Gasteiger charge is -2.55. The van der Waals surface area contributed by atoms with Gasteiger partial charge in [0.05, 0.1) is 13.0 Å². The van der Waals surface area contributed by atoms with Gasteiger partial charge in [0, 0.05) is 36.0 Å². The van der Waals surface area contributed by atoms with Crippen LogP contribution in [0.15, 0.2) is 23.3 Å². The topological polar surface area (TPSA) is 69.7 Å². The highest BCUT2D eigenvalue weighted by molar-refractivity contribution is 5.85. The molecule has 0 aromatic heterocycles. The predicted molar refractivity (Wildman–Crippen MR) is 106 cm³/mol. The Morgan fingerprint density at radius 3 is 2.66 bits per heavy atom. The first-order valence-electron chi connectivity index (χ1n) is 11.0. The molecule has 1 saturated heterocycles. The Hall–Kier alpha value is -1.91. The van der Waals surface area contributed by atoms with Gasteiger partial charge in [0.1, 0.15) is 11.4 Å². The highest BCUT2D eigenvalue weighted by Gasteiger charge is 2.66. The van der Waals surface area contributed by atoms with Gasteiger partial charge in [-0.2, -0.15) is 0 Å². The lowest BCUT2D eigenvalue weighted by Crippen LogP contribution is -2.53. The lowest BCUT2D eigenvalue weighted by molar-refractivity contribution is -0.162. The maximum atomic E-state index is 12.9. The summed E-state index contributed by atoms with van der Waals surface area (Å²) in [5.74, 6) is -0.0877. The maximum Gasteiger partial charge on any atom is 0.313 e. The number of allylic oxidation sites excluding steroid dienone is 3. The summed E-state index contributed by atoms with van der Waals surface area (Å²) in [6.45, 7) is 4.51. The molecule has 5 unspecified atom stereocenters. The van der Waals surface area contributed by atoms with Crippen LogP contribution in [0.3, 0.4) is 0 Å². The number of methoxy groups -OCH3 is 1. The van der Waals surface area contributed by atoms with Crippen molar-refractivity contribution >= 4 is 17.7 Å². The Morgan fingerprint density at radius 1 is 1.17 bits per heavy atom. The second kappa shape index (κ2) is 6.05. The van der Waals surface area contributed by atoms with Crippen molar-refractivity contribution in [2.24, 2.45) is 28.6 Å². The van der Waals surface area contributed by atoms with E-state index >= 15 is 0 Å². The Morgan fingerprint density at radius 2 is 1.97 bits per heavy atom. The molecule has 4 aliphatic carbocycles. The van der Waals surface area contributed by atoms with Gasteiger partial charge in [0.2, 0.25) is 0 Å². The van der Waals surface area contributed by atoms with Crippen molar-refractivity contribution in [1.82, 2.24) is 0 Å². The van der Waals surface area contributed by atoms with Crippen LogP contribution in [0.25, 0.3) is 0 Å². The summed E-state index contributed by atoms with van der Waals surface area (Å²) in [5, 5.41) is 0. The number of hydrogen-bond acceptors (Lipinski definition) is 5. The van der Waals surface area contributed by atoms with Gasteiger partial charge in [-0.3, -0.25) is 14.4 Å². The number of ketones is 1. The van der Waals surface area contributed by atoms with Gasteiger partial charge < -0.3 is 9.47 Å². The molecule has 0 aromatic rings. The molecule has 29 heavy (non-hydrogen) atoms. The van der Waals surface area contributed by atoms with Crippen LogP contribution in [0.2, 0.25) is 0 Å². The fourth-order valence-electron chi connectivity index (χ4n) is 7.45. The molecule has 0 amide bonds. The van der Waals surface area contributed by atoms with Crippen molar-refractivity contribution in [3.05, 3.63) is 23.3 Å². The fourth-order valence-corrected chi connectivity index (χ4v) is 7.45. The Balaban J connectivity index is 1.63. The number of carbonyl (C=O) groups is 3. The van der Waals surface area contributed by atoms with E-state index in [-0.39, 0.29) is 46.3 Å². The largest absolute Gasteiger partial charge is 0.469 e. The molecule has 6 atom stereocenters. The standard InChI is InChI=1S/C24H30O5/c1-22-8-4-15(25)12-14(22)13-16(21(27)28-3)20-17(22)5-9-23(2)18(20)6-10-24(23)11-7-19(26)29-24/h5,13,16,18,20H,4,6-12H2,1-3H3/t16-,18?,20?,22?,23?,24?/m1/s1. The number of hydrogen-bond donors (Lipinski definition) is 0. The van der Waals surface area contributed by atoms with Gasteiger partial charge in [-0.1, -0.05) is 37.1 Å². The summed E-state index contributed by atoms with van der Waals surface area (Å²) in [7, 11) is 1.45. The molecule has 0 bridgehead atoms. The van der Waals surface area contributed by atoms with Gasteiger partial charge in [0.25, 0.3) is 0 Å². The zero-order chi connectivity index (χ0) is 20.6. The average Bonchev–Trinajstić information content (AvgIpc) is 3.22. The number of ether oxygens (including phenoxy) is 2. The molecule has 5 nitrogen and oxygen atoms in total. The molecule has 3 fully saturated rings. The van der Waals surface area contributed by atoms with Crippen LogP contribution in [0.5, 0.6) is 0 Å². The van der Waals surface area contributed by atoms with E-state index in [9.17, 15) is 14.4 Å². The Labute approximate surface area is 171 Å². The molecule has 1 aliphatic heterocycles. The summed E-state index contributed by atoms with van der Waals surface area (Å²) in [5.41, 5.74) is 1.71. The first-order valence-corrected chi connectivity index (χ1v) is 11.0. The number of rotatable bonds is 1. The summed E-state index contributed by atoms with van der Waals surface area (Å²) in [6.07, 6.45) is 10.2. The van der Waals surface area contributed by atoms with E-state index in [0.717, 1.165) is 37.7 Å². The molecule has 0 radical (unpaired) electrons. The Bertz CT molecular complexity index is 868. The molecule has 5 aliphatic rings. The molecule has 1 heterocycles. The lowest BCUT2D eigenvalue weighted by atomic mass is 9.49. The van der Waals surface area contributed by atoms with E-state index in [1.165, 1.54) is 12.7 Å². The van der Waals surface area contributed by atoms with Crippen LogP contribution in [0.1, 0.15) is 65.2 Å². The normalized spacial score (nSPS) is 45.7. The predicted octanol–water partition coefficient (Wildman–Crippen LogP) is 3.91. The average molecular weight is 398 g/mol. The molecular weight excluding hydrogens is 368 g/mol. The molecule has 156 valence electrons. The van der Waals surface area contributed by atoms with Crippen LogP contribution in [-0.4, -0.2) is 30.4 Å². The zero-order valence-electron chi connectivity index (χ0n) is 17.6. The second-order valence-corrected chi connectivity index (χ2v) is 10.2. The van der Waals surface area contributed by atoms with Gasteiger partial charge in [-0.25, -0.2) is 0 Å². The van der Waals surface area contributed by atoms with Crippen molar-refractivity contribution in [1.29, 1.82) is 0 Å². The summed E-state index contributed by atoms with van der Waals surface area (Å²) >= 11 is 0. The summed E-state index contributed by atoms with van der Waals surface area (Å²) in [4.78, 5) is 37.1. The molecule has 5 rings (SSSR count). The minimum atomic E-state index is -0.398. The van der Waals surface area contributed by atoms with E-state index in [2.05, 4.69) is 26.0 Å². The molecule has 1 spiro atoms. The van der Waals surface area contributed by atoms with Crippen LogP contribution in [0.4, 0.5) is 0 Å². The fraction of sp³-hybridized carbons (Fsp3) is 0.708. The van der Waals surface area contributed by atoms with E-state index in [0.29, 0.717) is 19.3 Å². The second-order valence-electron chi connectivity index (χ2n) is 10.2. The molecule has 5 heteroatoms. The van der Waals surface area contributed by atoms with E-state index in [4.69, 9.17) is 9.47 Å². The van der Waals surface area contributed by atoms with Gasteiger partial charge in [-0.15, -0.1) is 0 Å². The number of Topliss-reactive ketones (excluding diaryl/α,β-unsaturated/α-hetero) is 1. The minimum absolute atomic E-state index is 0.0572. The van der Waals surface area contributed by atoms with Crippen molar-refractivity contribution in [3.8, 4) is 0 Å². The van der Waals surface area contributed by atoms with Gasteiger partial charge >= 0.3 is 11.9 Å². The number of carbonyl (C=O) groups excluding carboxylic acids is 3. The summed E-state index contributed by atoms with van der Waals surface area (Å²) < 4.78 is 11.2. The third-order valence-corrected chi connectivity index (χ3v) is 9.18. The molecule has 2 saturated carbocycles. The van der Waals surface area contributed by atoms with Gasteiger partial charge in [0.15, 0.2) is 0 Å².